The largest absolute Gasteiger partial charge is 0.356 e. The fraction of sp³-hybridized carbons (Fsp3) is 0.524. The number of aliphatic imine (C=N–C) groups is 1. The van der Waals surface area contributed by atoms with Crippen molar-refractivity contribution >= 4 is 21.9 Å². The summed E-state index contributed by atoms with van der Waals surface area (Å²) in [6.07, 6.45) is 0.919. The number of hydrogen-bond donors (Lipinski definition) is 2. The number of aryl methyl sites for hydroxylation is 2. The minimum atomic E-state index is -0.00190. The SMILES string of the molecule is CN=C(NCC(C)(C)c1ccc(Br)cc1)NC(C)Cc1c(C)nn(C)c1C. The Morgan fingerprint density at radius 1 is 1.26 bits per heavy atom. The van der Waals surface area contributed by atoms with Crippen LogP contribution in [0.3, 0.4) is 0 Å². The van der Waals surface area contributed by atoms with Gasteiger partial charge in [-0.05, 0) is 50.5 Å². The summed E-state index contributed by atoms with van der Waals surface area (Å²) in [5.74, 6) is 0.826. The Hall–Kier alpha value is -1.82. The van der Waals surface area contributed by atoms with Gasteiger partial charge in [-0.15, -0.1) is 0 Å². The predicted octanol–water partition coefficient (Wildman–Crippen LogP) is 3.87. The van der Waals surface area contributed by atoms with Crippen LogP contribution in [0.25, 0.3) is 0 Å². The lowest BCUT2D eigenvalue weighted by Crippen LogP contribution is -2.47. The van der Waals surface area contributed by atoms with Gasteiger partial charge >= 0.3 is 0 Å². The molecule has 1 atom stereocenters. The first-order valence-electron chi connectivity index (χ1n) is 9.36. The van der Waals surface area contributed by atoms with Crippen molar-refractivity contribution in [2.24, 2.45) is 12.0 Å². The molecule has 6 heteroatoms. The molecule has 1 unspecified atom stereocenters. The molecule has 2 rings (SSSR count). The molecule has 2 aromatic rings. The maximum atomic E-state index is 4.51. The summed E-state index contributed by atoms with van der Waals surface area (Å²) in [6, 6.07) is 8.76. The molecule has 0 saturated heterocycles. The molecule has 1 heterocycles. The maximum absolute atomic E-state index is 4.51. The molecule has 5 nitrogen and oxygen atoms in total. The summed E-state index contributed by atoms with van der Waals surface area (Å²) in [5, 5.41) is 11.5. The van der Waals surface area contributed by atoms with Gasteiger partial charge in [0, 0.05) is 42.3 Å². The van der Waals surface area contributed by atoms with E-state index in [-0.39, 0.29) is 11.5 Å². The van der Waals surface area contributed by atoms with Crippen LogP contribution in [0.5, 0.6) is 0 Å². The Kier molecular flexibility index (Phi) is 7.09. The fourth-order valence-electron chi connectivity index (χ4n) is 3.21. The van der Waals surface area contributed by atoms with Gasteiger partial charge in [-0.25, -0.2) is 0 Å². The number of rotatable bonds is 6. The van der Waals surface area contributed by atoms with Crippen molar-refractivity contribution in [3.63, 3.8) is 0 Å². The van der Waals surface area contributed by atoms with Crippen LogP contribution in [0.2, 0.25) is 0 Å². The zero-order valence-electron chi connectivity index (χ0n) is 17.5. The van der Waals surface area contributed by atoms with Crippen LogP contribution in [0.15, 0.2) is 33.7 Å². The number of nitrogens with one attached hydrogen (secondary N) is 2. The smallest absolute Gasteiger partial charge is 0.191 e. The van der Waals surface area contributed by atoms with Gasteiger partial charge in [0.05, 0.1) is 5.69 Å². The molecular formula is C21H32BrN5. The normalized spacial score (nSPS) is 13.6. The van der Waals surface area contributed by atoms with E-state index >= 15 is 0 Å². The average molecular weight is 434 g/mol. The minimum absolute atomic E-state index is 0.00190. The monoisotopic (exact) mass is 433 g/mol. The van der Waals surface area contributed by atoms with E-state index in [0.717, 1.165) is 29.1 Å². The summed E-state index contributed by atoms with van der Waals surface area (Å²) in [4.78, 5) is 4.40. The highest BCUT2D eigenvalue weighted by Crippen LogP contribution is 2.24. The van der Waals surface area contributed by atoms with Crippen LogP contribution >= 0.6 is 15.9 Å². The topological polar surface area (TPSA) is 54.2 Å². The number of benzene rings is 1. The Balaban J connectivity index is 1.96. The van der Waals surface area contributed by atoms with Gasteiger partial charge in [0.2, 0.25) is 0 Å². The van der Waals surface area contributed by atoms with E-state index in [1.807, 2.05) is 18.8 Å². The molecule has 0 aliphatic heterocycles. The van der Waals surface area contributed by atoms with Crippen molar-refractivity contribution < 1.29 is 0 Å². The summed E-state index contributed by atoms with van der Waals surface area (Å²) in [5.41, 5.74) is 4.92. The highest BCUT2D eigenvalue weighted by atomic mass is 79.9. The van der Waals surface area contributed by atoms with Gasteiger partial charge in [-0.1, -0.05) is 41.9 Å². The second-order valence-corrected chi connectivity index (χ2v) is 8.75. The Bertz CT molecular complexity index is 790. The third kappa shape index (κ3) is 5.58. The van der Waals surface area contributed by atoms with E-state index in [1.165, 1.54) is 16.8 Å². The van der Waals surface area contributed by atoms with Crippen molar-refractivity contribution in [3.8, 4) is 0 Å². The fourth-order valence-corrected chi connectivity index (χ4v) is 3.47. The summed E-state index contributed by atoms with van der Waals surface area (Å²) in [7, 11) is 3.81. The molecule has 27 heavy (non-hydrogen) atoms. The molecule has 0 radical (unpaired) electrons. The van der Waals surface area contributed by atoms with E-state index in [2.05, 4.69) is 95.5 Å². The zero-order chi connectivity index (χ0) is 20.2. The molecular weight excluding hydrogens is 402 g/mol. The third-order valence-electron chi connectivity index (χ3n) is 5.10. The molecule has 0 bridgehead atoms. The van der Waals surface area contributed by atoms with Crippen LogP contribution in [0.4, 0.5) is 0 Å². The average Bonchev–Trinajstić information content (AvgIpc) is 2.85. The highest BCUT2D eigenvalue weighted by molar-refractivity contribution is 9.10. The molecule has 2 N–H and O–H groups in total. The molecule has 0 aliphatic carbocycles. The van der Waals surface area contributed by atoms with Crippen LogP contribution in [0, 0.1) is 13.8 Å². The van der Waals surface area contributed by atoms with E-state index in [4.69, 9.17) is 0 Å². The van der Waals surface area contributed by atoms with Crippen LogP contribution in [-0.4, -0.2) is 35.4 Å². The molecule has 0 amide bonds. The number of guanidine groups is 1. The maximum Gasteiger partial charge on any atom is 0.191 e. The number of aromatic nitrogens is 2. The standard InChI is InChI=1S/C21H32BrN5/c1-14(12-19-15(2)26-27(7)16(19)3)25-20(23-6)24-13-21(4,5)17-8-10-18(22)11-9-17/h8-11,14H,12-13H2,1-7H3,(H2,23,24,25). The Morgan fingerprint density at radius 3 is 2.41 bits per heavy atom. The molecule has 0 aliphatic rings. The van der Waals surface area contributed by atoms with Gasteiger partial charge in [0.15, 0.2) is 5.96 Å². The quantitative estimate of drug-likeness (QED) is 0.536. The minimum Gasteiger partial charge on any atom is -0.356 e. The second kappa shape index (κ2) is 8.91. The third-order valence-corrected chi connectivity index (χ3v) is 5.63. The van der Waals surface area contributed by atoms with Crippen LogP contribution in [-0.2, 0) is 18.9 Å². The zero-order valence-corrected chi connectivity index (χ0v) is 19.1. The number of halogens is 1. The molecule has 1 aromatic carbocycles. The summed E-state index contributed by atoms with van der Waals surface area (Å²) in [6.45, 7) is 11.6. The van der Waals surface area contributed by atoms with Crippen molar-refractivity contribution in [2.45, 2.75) is 52.5 Å². The predicted molar refractivity (Wildman–Crippen MR) is 118 cm³/mol. The number of hydrogen-bond acceptors (Lipinski definition) is 2. The summed E-state index contributed by atoms with van der Waals surface area (Å²) >= 11 is 3.50. The first-order valence-corrected chi connectivity index (χ1v) is 10.2. The molecule has 0 fully saturated rings. The van der Waals surface area contributed by atoms with Crippen molar-refractivity contribution in [1.82, 2.24) is 20.4 Å². The van der Waals surface area contributed by atoms with E-state index < -0.39 is 0 Å². The van der Waals surface area contributed by atoms with E-state index in [1.54, 1.807) is 0 Å². The molecule has 0 saturated carbocycles. The van der Waals surface area contributed by atoms with Crippen molar-refractivity contribution in [2.75, 3.05) is 13.6 Å². The van der Waals surface area contributed by atoms with E-state index in [9.17, 15) is 0 Å². The highest BCUT2D eigenvalue weighted by Gasteiger charge is 2.21. The Morgan fingerprint density at radius 2 is 1.89 bits per heavy atom. The van der Waals surface area contributed by atoms with E-state index in [0.29, 0.717) is 0 Å². The molecule has 1 aromatic heterocycles. The first kappa shape index (κ1) is 21.5. The first-order chi connectivity index (χ1) is 12.6. The Labute approximate surface area is 171 Å². The van der Waals surface area contributed by atoms with Crippen LogP contribution < -0.4 is 10.6 Å². The van der Waals surface area contributed by atoms with Crippen molar-refractivity contribution in [1.29, 1.82) is 0 Å². The van der Waals surface area contributed by atoms with Gasteiger partial charge in [-0.3, -0.25) is 9.67 Å². The second-order valence-electron chi connectivity index (χ2n) is 7.84. The molecule has 0 spiro atoms. The van der Waals surface area contributed by atoms with Crippen molar-refractivity contribution in [3.05, 3.63) is 51.3 Å². The van der Waals surface area contributed by atoms with Gasteiger partial charge < -0.3 is 10.6 Å². The number of nitrogens with zero attached hydrogens (tertiary/aromatic N) is 3. The van der Waals surface area contributed by atoms with Gasteiger partial charge in [0.1, 0.15) is 0 Å². The summed E-state index contributed by atoms with van der Waals surface area (Å²) < 4.78 is 3.05. The lowest BCUT2D eigenvalue weighted by atomic mass is 9.85. The lowest BCUT2D eigenvalue weighted by Gasteiger charge is -2.27. The van der Waals surface area contributed by atoms with Gasteiger partial charge in [0.25, 0.3) is 0 Å². The molecule has 148 valence electrons. The van der Waals surface area contributed by atoms with Crippen LogP contribution in [0.1, 0.15) is 43.3 Å². The van der Waals surface area contributed by atoms with Gasteiger partial charge in [-0.2, -0.15) is 5.10 Å². The lowest BCUT2D eigenvalue weighted by molar-refractivity contribution is 0.504.